The molecule has 0 saturated carbocycles. The number of guanidine groups is 1. The number of hydrogen-bond donors (Lipinski definition) is 3. The summed E-state index contributed by atoms with van der Waals surface area (Å²) in [5, 5.41) is 17.2. The molecule has 1 atom stereocenters. The Bertz CT molecular complexity index is 819. The van der Waals surface area contributed by atoms with Crippen LogP contribution in [0.2, 0.25) is 0 Å². The normalized spacial score (nSPS) is 13.0. The standard InChI is InChI=1S/C24H34N4O2.HI/c1-5-25-23(27-18-24(4,30)21-11-9-8-10-12-21)26-17-19-13-15-20(16-14-19)22(29)28(6-2)7-3;/h8-16,30H,5-7,17-18H2,1-4H3,(H2,25,26,27);1H. The van der Waals surface area contributed by atoms with Gasteiger partial charge in [-0.05, 0) is 51.0 Å². The first kappa shape index (κ1) is 26.9. The van der Waals surface area contributed by atoms with Crippen LogP contribution in [0.15, 0.2) is 59.6 Å². The van der Waals surface area contributed by atoms with E-state index in [1.54, 1.807) is 11.8 Å². The fourth-order valence-electron chi connectivity index (χ4n) is 3.11. The van der Waals surface area contributed by atoms with Gasteiger partial charge in [0, 0.05) is 25.2 Å². The molecule has 0 aliphatic carbocycles. The molecule has 2 aromatic carbocycles. The van der Waals surface area contributed by atoms with Gasteiger partial charge in [-0.15, -0.1) is 24.0 Å². The minimum absolute atomic E-state index is 0. The number of carbonyl (C=O) groups excluding carboxylic acids is 1. The lowest BCUT2D eigenvalue weighted by molar-refractivity contribution is 0.0617. The van der Waals surface area contributed by atoms with Crippen molar-refractivity contribution in [3.8, 4) is 0 Å². The number of halogens is 1. The van der Waals surface area contributed by atoms with Crippen LogP contribution in [0.1, 0.15) is 49.2 Å². The SMILES string of the molecule is CCNC(=NCc1ccc(C(=O)N(CC)CC)cc1)NCC(C)(O)c1ccccc1.I. The number of rotatable bonds is 9. The van der Waals surface area contributed by atoms with Gasteiger partial charge in [0.05, 0.1) is 13.1 Å². The lowest BCUT2D eigenvalue weighted by Crippen LogP contribution is -2.44. The van der Waals surface area contributed by atoms with Crippen LogP contribution in [0.4, 0.5) is 0 Å². The molecule has 0 heterocycles. The van der Waals surface area contributed by atoms with Crippen molar-refractivity contribution in [2.24, 2.45) is 4.99 Å². The van der Waals surface area contributed by atoms with Crippen LogP contribution < -0.4 is 10.6 Å². The third-order valence-corrected chi connectivity index (χ3v) is 5.01. The fourth-order valence-corrected chi connectivity index (χ4v) is 3.11. The van der Waals surface area contributed by atoms with Crippen molar-refractivity contribution in [2.45, 2.75) is 39.8 Å². The first-order valence-electron chi connectivity index (χ1n) is 10.6. The molecule has 0 aromatic heterocycles. The summed E-state index contributed by atoms with van der Waals surface area (Å²) in [7, 11) is 0. The second-order valence-electron chi connectivity index (χ2n) is 7.36. The molecule has 6 nitrogen and oxygen atoms in total. The zero-order valence-electron chi connectivity index (χ0n) is 18.9. The van der Waals surface area contributed by atoms with E-state index in [1.807, 2.05) is 75.4 Å². The first-order chi connectivity index (χ1) is 14.4. The van der Waals surface area contributed by atoms with E-state index >= 15 is 0 Å². The molecule has 0 bridgehead atoms. The molecule has 170 valence electrons. The Kier molecular flexibility index (Phi) is 11.6. The quantitative estimate of drug-likeness (QED) is 0.258. The summed E-state index contributed by atoms with van der Waals surface area (Å²) >= 11 is 0. The number of benzene rings is 2. The molecule has 0 fully saturated rings. The highest BCUT2D eigenvalue weighted by atomic mass is 127. The van der Waals surface area contributed by atoms with Crippen molar-refractivity contribution in [1.29, 1.82) is 0 Å². The van der Waals surface area contributed by atoms with E-state index in [9.17, 15) is 9.90 Å². The summed E-state index contributed by atoms with van der Waals surface area (Å²) in [5.74, 6) is 0.685. The van der Waals surface area contributed by atoms with Gasteiger partial charge in [0.15, 0.2) is 5.96 Å². The zero-order valence-corrected chi connectivity index (χ0v) is 21.2. The molecule has 0 saturated heterocycles. The third kappa shape index (κ3) is 8.14. The average Bonchev–Trinajstić information content (AvgIpc) is 2.77. The minimum atomic E-state index is -1.01. The highest BCUT2D eigenvalue weighted by Gasteiger charge is 2.23. The van der Waals surface area contributed by atoms with Gasteiger partial charge in [-0.1, -0.05) is 42.5 Å². The van der Waals surface area contributed by atoms with Gasteiger partial charge in [0.25, 0.3) is 5.91 Å². The van der Waals surface area contributed by atoms with E-state index in [0.717, 1.165) is 17.7 Å². The van der Waals surface area contributed by atoms with Crippen LogP contribution in [-0.4, -0.2) is 48.1 Å². The molecule has 2 aromatic rings. The molecular weight excluding hydrogens is 503 g/mol. The van der Waals surface area contributed by atoms with Crippen molar-refractivity contribution in [3.05, 3.63) is 71.3 Å². The number of amides is 1. The number of carbonyl (C=O) groups is 1. The lowest BCUT2D eigenvalue weighted by Gasteiger charge is -2.25. The maximum Gasteiger partial charge on any atom is 0.253 e. The van der Waals surface area contributed by atoms with Gasteiger partial charge in [-0.3, -0.25) is 4.79 Å². The van der Waals surface area contributed by atoms with Crippen molar-refractivity contribution in [3.63, 3.8) is 0 Å². The molecule has 0 aliphatic rings. The van der Waals surface area contributed by atoms with Gasteiger partial charge < -0.3 is 20.6 Å². The van der Waals surface area contributed by atoms with E-state index in [0.29, 0.717) is 37.7 Å². The van der Waals surface area contributed by atoms with E-state index < -0.39 is 5.60 Å². The molecule has 7 heteroatoms. The number of aliphatic hydroxyl groups is 1. The van der Waals surface area contributed by atoms with Crippen LogP contribution in [0.5, 0.6) is 0 Å². The predicted molar refractivity (Wildman–Crippen MR) is 138 cm³/mol. The largest absolute Gasteiger partial charge is 0.384 e. The van der Waals surface area contributed by atoms with Crippen molar-refractivity contribution in [2.75, 3.05) is 26.2 Å². The summed E-state index contributed by atoms with van der Waals surface area (Å²) in [6, 6.07) is 17.2. The Labute approximate surface area is 203 Å². The lowest BCUT2D eigenvalue weighted by atomic mass is 9.96. The van der Waals surface area contributed by atoms with E-state index in [-0.39, 0.29) is 29.9 Å². The molecular formula is C24H35IN4O2. The van der Waals surface area contributed by atoms with Gasteiger partial charge in [0.2, 0.25) is 0 Å². The number of aliphatic imine (C=N–C) groups is 1. The molecule has 31 heavy (non-hydrogen) atoms. The molecule has 2 rings (SSSR count). The van der Waals surface area contributed by atoms with Crippen LogP contribution in [0, 0.1) is 0 Å². The van der Waals surface area contributed by atoms with Crippen LogP contribution in [0.3, 0.4) is 0 Å². The molecule has 1 amide bonds. The zero-order chi connectivity index (χ0) is 22.0. The highest BCUT2D eigenvalue weighted by Crippen LogP contribution is 2.18. The van der Waals surface area contributed by atoms with Gasteiger partial charge in [-0.2, -0.15) is 0 Å². The maximum absolute atomic E-state index is 12.4. The third-order valence-electron chi connectivity index (χ3n) is 5.01. The smallest absolute Gasteiger partial charge is 0.253 e. The second-order valence-corrected chi connectivity index (χ2v) is 7.36. The Balaban J connectivity index is 0.00000480. The highest BCUT2D eigenvalue weighted by molar-refractivity contribution is 14.0. The molecule has 1 unspecified atom stereocenters. The Morgan fingerprint density at radius 2 is 1.61 bits per heavy atom. The average molecular weight is 538 g/mol. The topological polar surface area (TPSA) is 77.0 Å². The van der Waals surface area contributed by atoms with Gasteiger partial charge in [-0.25, -0.2) is 4.99 Å². The molecule has 0 aliphatic heterocycles. The predicted octanol–water partition coefficient (Wildman–Crippen LogP) is 3.75. The van der Waals surface area contributed by atoms with Crippen molar-refractivity contribution < 1.29 is 9.90 Å². The molecule has 3 N–H and O–H groups in total. The van der Waals surface area contributed by atoms with E-state index in [2.05, 4.69) is 15.6 Å². The summed E-state index contributed by atoms with van der Waals surface area (Å²) < 4.78 is 0. The Morgan fingerprint density at radius 1 is 1.00 bits per heavy atom. The fraction of sp³-hybridized carbons (Fsp3) is 0.417. The molecule has 0 radical (unpaired) electrons. The number of nitrogens with one attached hydrogen (secondary N) is 2. The number of nitrogens with zero attached hydrogens (tertiary/aromatic N) is 2. The monoisotopic (exact) mass is 538 g/mol. The van der Waals surface area contributed by atoms with E-state index in [4.69, 9.17) is 0 Å². The summed E-state index contributed by atoms with van der Waals surface area (Å²) in [6.45, 7) is 10.7. The number of hydrogen-bond acceptors (Lipinski definition) is 3. The second kappa shape index (κ2) is 13.3. The molecule has 0 spiro atoms. The van der Waals surface area contributed by atoms with Crippen molar-refractivity contribution in [1.82, 2.24) is 15.5 Å². The minimum Gasteiger partial charge on any atom is -0.384 e. The van der Waals surface area contributed by atoms with Crippen LogP contribution >= 0.6 is 24.0 Å². The maximum atomic E-state index is 12.4. The summed E-state index contributed by atoms with van der Waals surface area (Å²) in [6.07, 6.45) is 0. The van der Waals surface area contributed by atoms with Crippen LogP contribution in [-0.2, 0) is 12.1 Å². The van der Waals surface area contributed by atoms with Gasteiger partial charge in [0.1, 0.15) is 5.60 Å². The first-order valence-corrected chi connectivity index (χ1v) is 10.6. The summed E-state index contributed by atoms with van der Waals surface area (Å²) in [5.41, 5.74) is 1.54. The van der Waals surface area contributed by atoms with Crippen molar-refractivity contribution >= 4 is 35.8 Å². The Hall–Kier alpha value is -2.13. The Morgan fingerprint density at radius 3 is 2.16 bits per heavy atom. The summed E-state index contributed by atoms with van der Waals surface area (Å²) in [4.78, 5) is 18.8. The van der Waals surface area contributed by atoms with Gasteiger partial charge >= 0.3 is 0 Å². The van der Waals surface area contributed by atoms with Crippen LogP contribution in [0.25, 0.3) is 0 Å². The van der Waals surface area contributed by atoms with E-state index in [1.165, 1.54) is 0 Å².